The third kappa shape index (κ3) is 5.69. The lowest BCUT2D eigenvalue weighted by atomic mass is 10.1. The quantitative estimate of drug-likeness (QED) is 0.857. The summed E-state index contributed by atoms with van der Waals surface area (Å²) in [5, 5.41) is 4.70. The number of nitrogens with one attached hydrogen (secondary N) is 2. The Balaban J connectivity index is 2.41. The van der Waals surface area contributed by atoms with E-state index in [1.54, 1.807) is 18.5 Å². The number of nitrogens with zero attached hydrogens (tertiary/aromatic N) is 1. The van der Waals surface area contributed by atoms with Gasteiger partial charge in [-0.15, -0.1) is 0 Å². The van der Waals surface area contributed by atoms with Crippen molar-refractivity contribution in [2.75, 3.05) is 6.54 Å². The molecular formula is C12H16F3N3O. The van der Waals surface area contributed by atoms with Gasteiger partial charge >= 0.3 is 6.18 Å². The van der Waals surface area contributed by atoms with Crippen LogP contribution in [-0.4, -0.2) is 29.7 Å². The number of halogens is 3. The number of alkyl halides is 3. The molecule has 0 saturated heterocycles. The van der Waals surface area contributed by atoms with Crippen LogP contribution in [-0.2, 0) is 11.3 Å². The molecule has 2 N–H and O–H groups in total. The van der Waals surface area contributed by atoms with E-state index in [1.165, 1.54) is 6.92 Å². The molecule has 1 aromatic rings. The normalized spacial score (nSPS) is 13.1. The van der Waals surface area contributed by atoms with Crippen molar-refractivity contribution >= 4 is 5.91 Å². The molecule has 1 aromatic heterocycles. The third-order valence-corrected chi connectivity index (χ3v) is 2.59. The Bertz CT molecular complexity index is 434. The maximum absolute atomic E-state index is 11.9. The van der Waals surface area contributed by atoms with Crippen LogP contribution in [0.2, 0.25) is 0 Å². The van der Waals surface area contributed by atoms with Crippen molar-refractivity contribution < 1.29 is 18.0 Å². The lowest BCUT2D eigenvalue weighted by Gasteiger charge is -2.15. The Kier molecular flexibility index (Phi) is 5.29. The first-order chi connectivity index (χ1) is 8.79. The molecule has 1 amide bonds. The maximum atomic E-state index is 11.9. The molecule has 0 aliphatic heterocycles. The summed E-state index contributed by atoms with van der Waals surface area (Å²) in [5.74, 6) is -0.677. The number of carbonyl (C=O) groups excluding carboxylic acids is 1. The highest BCUT2D eigenvalue weighted by Gasteiger charge is 2.28. The molecule has 4 nitrogen and oxygen atoms in total. The van der Waals surface area contributed by atoms with Gasteiger partial charge in [0.05, 0.1) is 6.04 Å². The van der Waals surface area contributed by atoms with Crippen LogP contribution in [0.1, 0.15) is 18.1 Å². The van der Waals surface area contributed by atoms with Gasteiger partial charge in [0.25, 0.3) is 0 Å². The molecule has 7 heteroatoms. The Hall–Kier alpha value is -1.63. The summed E-state index contributed by atoms with van der Waals surface area (Å²) in [5.41, 5.74) is 1.91. The monoisotopic (exact) mass is 275 g/mol. The minimum absolute atomic E-state index is 0.398. The topological polar surface area (TPSA) is 54.0 Å². The Labute approximate surface area is 109 Å². The number of aromatic nitrogens is 1. The van der Waals surface area contributed by atoms with E-state index in [-0.39, 0.29) is 0 Å². The molecule has 0 aliphatic rings. The minimum Gasteiger partial charge on any atom is -0.346 e. The van der Waals surface area contributed by atoms with Crippen LogP contribution in [0.5, 0.6) is 0 Å². The van der Waals surface area contributed by atoms with Crippen molar-refractivity contribution in [3.8, 4) is 0 Å². The SMILES string of the molecule is Cc1cnccc1CNC(C)C(=O)NCC(F)(F)F. The fraction of sp³-hybridized carbons (Fsp3) is 0.500. The summed E-state index contributed by atoms with van der Waals surface area (Å²) in [7, 11) is 0. The molecule has 0 radical (unpaired) electrons. The van der Waals surface area contributed by atoms with Crippen LogP contribution in [0.25, 0.3) is 0 Å². The summed E-state index contributed by atoms with van der Waals surface area (Å²) < 4.78 is 35.8. The Morgan fingerprint density at radius 2 is 2.16 bits per heavy atom. The van der Waals surface area contributed by atoms with Gasteiger partial charge in [-0.25, -0.2) is 0 Å². The Morgan fingerprint density at radius 1 is 1.47 bits per heavy atom. The van der Waals surface area contributed by atoms with E-state index in [1.807, 2.05) is 12.2 Å². The third-order valence-electron chi connectivity index (χ3n) is 2.59. The van der Waals surface area contributed by atoms with E-state index in [4.69, 9.17) is 0 Å². The fourth-order valence-electron chi connectivity index (χ4n) is 1.40. The maximum Gasteiger partial charge on any atom is 0.405 e. The first-order valence-electron chi connectivity index (χ1n) is 5.77. The zero-order valence-corrected chi connectivity index (χ0v) is 10.7. The smallest absolute Gasteiger partial charge is 0.346 e. The van der Waals surface area contributed by atoms with Crippen LogP contribution in [0.3, 0.4) is 0 Å². The van der Waals surface area contributed by atoms with Gasteiger partial charge in [0.2, 0.25) is 5.91 Å². The Morgan fingerprint density at radius 3 is 2.74 bits per heavy atom. The summed E-state index contributed by atoms with van der Waals surface area (Å²) in [6, 6.07) is 1.10. The highest BCUT2D eigenvalue weighted by Crippen LogP contribution is 2.12. The van der Waals surface area contributed by atoms with Gasteiger partial charge in [0.15, 0.2) is 0 Å². The molecule has 1 rings (SSSR count). The summed E-state index contributed by atoms with van der Waals surface area (Å²) in [4.78, 5) is 15.3. The average Bonchev–Trinajstić information content (AvgIpc) is 2.33. The molecule has 1 atom stereocenters. The van der Waals surface area contributed by atoms with Gasteiger partial charge in [-0.3, -0.25) is 9.78 Å². The zero-order chi connectivity index (χ0) is 14.5. The molecule has 0 aromatic carbocycles. The lowest BCUT2D eigenvalue weighted by molar-refractivity contribution is -0.139. The second kappa shape index (κ2) is 6.51. The number of rotatable bonds is 5. The van der Waals surface area contributed by atoms with Gasteiger partial charge in [-0.1, -0.05) is 0 Å². The van der Waals surface area contributed by atoms with Gasteiger partial charge in [0.1, 0.15) is 6.54 Å². The lowest BCUT2D eigenvalue weighted by Crippen LogP contribution is -2.45. The van der Waals surface area contributed by atoms with Crippen LogP contribution >= 0.6 is 0 Å². The van der Waals surface area contributed by atoms with Crippen molar-refractivity contribution in [1.82, 2.24) is 15.6 Å². The number of hydrogen-bond donors (Lipinski definition) is 2. The van der Waals surface area contributed by atoms with Gasteiger partial charge in [0, 0.05) is 18.9 Å². The molecule has 1 heterocycles. The molecule has 0 saturated carbocycles. The van der Waals surface area contributed by atoms with E-state index in [0.29, 0.717) is 6.54 Å². The first kappa shape index (κ1) is 15.4. The molecule has 106 valence electrons. The van der Waals surface area contributed by atoms with E-state index in [9.17, 15) is 18.0 Å². The molecule has 0 fully saturated rings. The van der Waals surface area contributed by atoms with Crippen LogP contribution in [0.4, 0.5) is 13.2 Å². The van der Waals surface area contributed by atoms with Crippen molar-refractivity contribution in [3.63, 3.8) is 0 Å². The van der Waals surface area contributed by atoms with Crippen molar-refractivity contribution in [2.24, 2.45) is 0 Å². The first-order valence-corrected chi connectivity index (χ1v) is 5.77. The molecule has 0 aliphatic carbocycles. The standard InChI is InChI=1S/C12H16F3N3O/c1-8-5-16-4-3-10(8)6-17-9(2)11(19)18-7-12(13,14)15/h3-5,9,17H,6-7H2,1-2H3,(H,18,19). The second-order valence-corrected chi connectivity index (χ2v) is 4.24. The predicted molar refractivity (Wildman–Crippen MR) is 64.3 cm³/mol. The van der Waals surface area contributed by atoms with Crippen LogP contribution in [0.15, 0.2) is 18.5 Å². The van der Waals surface area contributed by atoms with Crippen molar-refractivity contribution in [2.45, 2.75) is 32.6 Å². The predicted octanol–water partition coefficient (Wildman–Crippen LogP) is 1.55. The second-order valence-electron chi connectivity index (χ2n) is 4.24. The van der Waals surface area contributed by atoms with Crippen LogP contribution < -0.4 is 10.6 Å². The van der Waals surface area contributed by atoms with Gasteiger partial charge < -0.3 is 10.6 Å². The van der Waals surface area contributed by atoms with E-state index < -0.39 is 24.7 Å². The average molecular weight is 275 g/mol. The molecule has 0 spiro atoms. The highest BCUT2D eigenvalue weighted by molar-refractivity contribution is 5.81. The summed E-state index contributed by atoms with van der Waals surface area (Å²) >= 11 is 0. The summed E-state index contributed by atoms with van der Waals surface area (Å²) in [6.07, 6.45) is -1.08. The molecule has 19 heavy (non-hydrogen) atoms. The van der Waals surface area contributed by atoms with Crippen molar-refractivity contribution in [3.05, 3.63) is 29.6 Å². The van der Waals surface area contributed by atoms with E-state index in [0.717, 1.165) is 11.1 Å². The van der Waals surface area contributed by atoms with Crippen molar-refractivity contribution in [1.29, 1.82) is 0 Å². The number of hydrogen-bond acceptors (Lipinski definition) is 3. The summed E-state index contributed by atoms with van der Waals surface area (Å²) in [6.45, 7) is 2.47. The zero-order valence-electron chi connectivity index (χ0n) is 10.7. The van der Waals surface area contributed by atoms with E-state index in [2.05, 4.69) is 10.3 Å². The number of carbonyl (C=O) groups is 1. The largest absolute Gasteiger partial charge is 0.405 e. The van der Waals surface area contributed by atoms with Gasteiger partial charge in [-0.2, -0.15) is 13.2 Å². The number of aryl methyl sites for hydroxylation is 1. The van der Waals surface area contributed by atoms with E-state index >= 15 is 0 Å². The number of amides is 1. The fourth-order valence-corrected chi connectivity index (χ4v) is 1.40. The molecular weight excluding hydrogens is 259 g/mol. The molecule has 1 unspecified atom stereocenters. The van der Waals surface area contributed by atoms with Gasteiger partial charge in [-0.05, 0) is 31.0 Å². The van der Waals surface area contributed by atoms with Crippen LogP contribution in [0, 0.1) is 6.92 Å². The highest BCUT2D eigenvalue weighted by atomic mass is 19.4. The number of pyridine rings is 1. The minimum atomic E-state index is -4.39. The molecule has 0 bridgehead atoms.